The Morgan fingerprint density at radius 2 is 1.40 bits per heavy atom. The SMILES string of the molecule is CC(C)(C)CC(=O)c1ccc(CN2C(=O)c3ccccc3C2=O)cc1. The van der Waals surface area contributed by atoms with Crippen LogP contribution in [0, 0.1) is 5.41 Å². The van der Waals surface area contributed by atoms with Gasteiger partial charge in [0, 0.05) is 12.0 Å². The third-order valence-electron chi connectivity index (χ3n) is 4.19. The van der Waals surface area contributed by atoms with Gasteiger partial charge in [0.2, 0.25) is 0 Å². The zero-order chi connectivity index (χ0) is 18.2. The van der Waals surface area contributed by atoms with Crippen molar-refractivity contribution in [3.05, 3.63) is 70.8 Å². The van der Waals surface area contributed by atoms with Crippen LogP contribution in [0.15, 0.2) is 48.5 Å². The molecule has 0 atom stereocenters. The van der Waals surface area contributed by atoms with E-state index in [0.717, 1.165) is 5.56 Å². The molecule has 4 heteroatoms. The van der Waals surface area contributed by atoms with Gasteiger partial charge in [-0.15, -0.1) is 0 Å². The van der Waals surface area contributed by atoms with Crippen LogP contribution >= 0.6 is 0 Å². The van der Waals surface area contributed by atoms with Gasteiger partial charge in [0.15, 0.2) is 5.78 Å². The molecule has 2 amide bonds. The number of carbonyl (C=O) groups excluding carboxylic acids is 3. The summed E-state index contributed by atoms with van der Waals surface area (Å²) in [6.07, 6.45) is 0.477. The number of ketones is 1. The van der Waals surface area contributed by atoms with Gasteiger partial charge in [-0.3, -0.25) is 19.3 Å². The number of imide groups is 1. The first kappa shape index (κ1) is 17.1. The Morgan fingerprint density at radius 3 is 1.88 bits per heavy atom. The first-order valence-electron chi connectivity index (χ1n) is 8.34. The Labute approximate surface area is 147 Å². The molecule has 0 aliphatic carbocycles. The molecule has 0 aromatic heterocycles. The first-order valence-corrected chi connectivity index (χ1v) is 8.34. The molecule has 0 spiro atoms. The van der Waals surface area contributed by atoms with E-state index in [1.165, 1.54) is 4.90 Å². The molecule has 0 N–H and O–H groups in total. The normalized spacial score (nSPS) is 14.0. The number of rotatable bonds is 4. The molecule has 3 rings (SSSR count). The summed E-state index contributed by atoms with van der Waals surface area (Å²) in [7, 11) is 0. The lowest BCUT2D eigenvalue weighted by atomic mass is 9.88. The largest absolute Gasteiger partial charge is 0.294 e. The van der Waals surface area contributed by atoms with Crippen molar-refractivity contribution < 1.29 is 14.4 Å². The number of carbonyl (C=O) groups is 3. The highest BCUT2D eigenvalue weighted by atomic mass is 16.2. The highest BCUT2D eigenvalue weighted by molar-refractivity contribution is 6.21. The molecule has 0 bridgehead atoms. The summed E-state index contributed by atoms with van der Waals surface area (Å²) in [5.74, 6) is -0.443. The van der Waals surface area contributed by atoms with E-state index in [9.17, 15) is 14.4 Å². The molecule has 1 heterocycles. The summed E-state index contributed by atoms with van der Waals surface area (Å²) in [6.45, 7) is 6.30. The van der Waals surface area contributed by atoms with E-state index in [4.69, 9.17) is 0 Å². The maximum Gasteiger partial charge on any atom is 0.261 e. The Hall–Kier alpha value is -2.75. The molecule has 25 heavy (non-hydrogen) atoms. The van der Waals surface area contributed by atoms with Gasteiger partial charge in [-0.2, -0.15) is 0 Å². The fourth-order valence-corrected chi connectivity index (χ4v) is 2.95. The van der Waals surface area contributed by atoms with Crippen LogP contribution in [-0.2, 0) is 6.54 Å². The fourth-order valence-electron chi connectivity index (χ4n) is 2.95. The lowest BCUT2D eigenvalue weighted by molar-refractivity contribution is 0.0641. The zero-order valence-electron chi connectivity index (χ0n) is 14.7. The maximum atomic E-state index is 12.4. The van der Waals surface area contributed by atoms with Crippen molar-refractivity contribution in [1.29, 1.82) is 0 Å². The van der Waals surface area contributed by atoms with Gasteiger partial charge in [-0.1, -0.05) is 57.2 Å². The fraction of sp³-hybridized carbons (Fsp3) is 0.286. The Kier molecular flexibility index (Phi) is 4.29. The van der Waals surface area contributed by atoms with Crippen molar-refractivity contribution in [1.82, 2.24) is 4.90 Å². The van der Waals surface area contributed by atoms with Crippen LogP contribution in [0.2, 0.25) is 0 Å². The molecular formula is C21H21NO3. The zero-order valence-corrected chi connectivity index (χ0v) is 14.7. The minimum absolute atomic E-state index is 0.0596. The number of hydrogen-bond donors (Lipinski definition) is 0. The minimum Gasteiger partial charge on any atom is -0.294 e. The molecule has 4 nitrogen and oxygen atoms in total. The molecule has 2 aromatic carbocycles. The highest BCUT2D eigenvalue weighted by Gasteiger charge is 2.34. The van der Waals surface area contributed by atoms with Crippen molar-refractivity contribution in [2.75, 3.05) is 0 Å². The second-order valence-corrected chi connectivity index (χ2v) is 7.60. The number of amides is 2. The summed E-state index contributed by atoms with van der Waals surface area (Å²) in [4.78, 5) is 38.3. The average Bonchev–Trinajstić information content (AvgIpc) is 2.79. The van der Waals surface area contributed by atoms with Gasteiger partial charge in [0.1, 0.15) is 0 Å². The van der Waals surface area contributed by atoms with E-state index in [1.807, 2.05) is 20.8 Å². The predicted octanol–water partition coefficient (Wildman–Crippen LogP) is 4.10. The lowest BCUT2D eigenvalue weighted by Crippen LogP contribution is -2.29. The van der Waals surface area contributed by atoms with Crippen LogP contribution in [0.1, 0.15) is 63.8 Å². The molecule has 0 unspecified atom stereocenters. The molecule has 0 fully saturated rings. The van der Waals surface area contributed by atoms with E-state index < -0.39 is 0 Å². The van der Waals surface area contributed by atoms with Crippen LogP contribution < -0.4 is 0 Å². The van der Waals surface area contributed by atoms with Gasteiger partial charge < -0.3 is 0 Å². The van der Waals surface area contributed by atoms with Crippen LogP contribution in [0.3, 0.4) is 0 Å². The van der Waals surface area contributed by atoms with Gasteiger partial charge >= 0.3 is 0 Å². The second-order valence-electron chi connectivity index (χ2n) is 7.60. The van der Waals surface area contributed by atoms with Crippen LogP contribution in [0.4, 0.5) is 0 Å². The van der Waals surface area contributed by atoms with Gasteiger partial charge in [-0.05, 0) is 23.1 Å². The number of nitrogens with zero attached hydrogens (tertiary/aromatic N) is 1. The topological polar surface area (TPSA) is 54.5 Å². The van der Waals surface area contributed by atoms with E-state index in [2.05, 4.69) is 0 Å². The molecule has 0 saturated heterocycles. The third kappa shape index (κ3) is 3.53. The standard InChI is InChI=1S/C21H21NO3/c1-21(2,3)12-18(23)15-10-8-14(9-11-15)13-22-19(24)16-6-4-5-7-17(16)20(22)25/h4-11H,12-13H2,1-3H3. The molecule has 1 aliphatic rings. The Bertz CT molecular complexity index is 809. The number of fused-ring (bicyclic) bond motifs is 1. The van der Waals surface area contributed by atoms with Crippen molar-refractivity contribution in [3.63, 3.8) is 0 Å². The van der Waals surface area contributed by atoms with E-state index in [1.54, 1.807) is 48.5 Å². The first-order chi connectivity index (χ1) is 11.8. The quantitative estimate of drug-likeness (QED) is 0.624. The van der Waals surface area contributed by atoms with Gasteiger partial charge in [0.05, 0.1) is 17.7 Å². The smallest absolute Gasteiger partial charge is 0.261 e. The monoisotopic (exact) mass is 335 g/mol. The minimum atomic E-state index is -0.270. The van der Waals surface area contributed by atoms with Crippen molar-refractivity contribution in [3.8, 4) is 0 Å². The summed E-state index contributed by atoms with van der Waals surface area (Å²) in [5.41, 5.74) is 2.31. The van der Waals surface area contributed by atoms with Crippen molar-refractivity contribution in [2.24, 2.45) is 5.41 Å². The summed E-state index contributed by atoms with van der Waals surface area (Å²) in [5, 5.41) is 0. The third-order valence-corrected chi connectivity index (χ3v) is 4.19. The number of Topliss-reactive ketones (excluding diaryl/α,β-unsaturated/α-hetero) is 1. The number of benzene rings is 2. The van der Waals surface area contributed by atoms with Crippen LogP contribution in [-0.4, -0.2) is 22.5 Å². The molecule has 128 valence electrons. The van der Waals surface area contributed by atoms with Gasteiger partial charge in [-0.25, -0.2) is 0 Å². The van der Waals surface area contributed by atoms with Crippen molar-refractivity contribution in [2.45, 2.75) is 33.7 Å². The van der Waals surface area contributed by atoms with Crippen LogP contribution in [0.5, 0.6) is 0 Å². The second kappa shape index (κ2) is 6.28. The van der Waals surface area contributed by atoms with Gasteiger partial charge in [0.25, 0.3) is 11.8 Å². The summed E-state index contributed by atoms with van der Waals surface area (Å²) >= 11 is 0. The molecule has 2 aromatic rings. The molecule has 0 saturated carbocycles. The van der Waals surface area contributed by atoms with Crippen molar-refractivity contribution >= 4 is 17.6 Å². The van der Waals surface area contributed by atoms with Crippen LogP contribution in [0.25, 0.3) is 0 Å². The van der Waals surface area contributed by atoms with E-state index >= 15 is 0 Å². The Morgan fingerprint density at radius 1 is 0.880 bits per heavy atom. The molecule has 0 radical (unpaired) electrons. The molecule has 1 aliphatic heterocycles. The maximum absolute atomic E-state index is 12.4. The predicted molar refractivity (Wildman–Crippen MR) is 95.5 cm³/mol. The lowest BCUT2D eigenvalue weighted by Gasteiger charge is -2.17. The van der Waals surface area contributed by atoms with E-state index in [-0.39, 0.29) is 29.6 Å². The average molecular weight is 335 g/mol. The van der Waals surface area contributed by atoms with E-state index in [0.29, 0.717) is 23.1 Å². The number of hydrogen-bond acceptors (Lipinski definition) is 3. The molecular weight excluding hydrogens is 314 g/mol. The summed E-state index contributed by atoms with van der Waals surface area (Å²) in [6, 6.07) is 14.0. The Balaban J connectivity index is 1.74. The summed E-state index contributed by atoms with van der Waals surface area (Å²) < 4.78 is 0. The highest BCUT2D eigenvalue weighted by Crippen LogP contribution is 2.25.